The highest BCUT2D eigenvalue weighted by molar-refractivity contribution is 5.47. The Morgan fingerprint density at radius 2 is 2.03 bits per heavy atom. The van der Waals surface area contributed by atoms with Gasteiger partial charge in [0, 0.05) is 30.7 Å². The number of ether oxygens (including phenoxy) is 1. The van der Waals surface area contributed by atoms with Crippen molar-refractivity contribution in [1.82, 2.24) is 15.1 Å². The quantitative estimate of drug-likeness (QED) is 0.313. The Bertz CT molecular complexity index is 1080. The lowest BCUT2D eigenvalue weighted by molar-refractivity contribution is -0.188. The van der Waals surface area contributed by atoms with Gasteiger partial charge in [-0.2, -0.15) is 5.26 Å². The van der Waals surface area contributed by atoms with Crippen LogP contribution in [0, 0.1) is 23.1 Å². The van der Waals surface area contributed by atoms with Gasteiger partial charge in [-0.05, 0) is 115 Å². The summed E-state index contributed by atoms with van der Waals surface area (Å²) in [4.78, 5) is 4.91. The molecule has 0 spiro atoms. The van der Waals surface area contributed by atoms with Crippen LogP contribution in [0.5, 0.6) is 0 Å². The zero-order chi connectivity index (χ0) is 27.9. The maximum Gasteiger partial charge on any atom is 0.143 e. The molecule has 3 aliphatic rings. The van der Waals surface area contributed by atoms with Gasteiger partial charge in [0.2, 0.25) is 0 Å². The van der Waals surface area contributed by atoms with Crippen molar-refractivity contribution in [2.75, 3.05) is 33.4 Å². The largest absolute Gasteiger partial charge is 0.345 e. The van der Waals surface area contributed by atoms with E-state index in [1.165, 1.54) is 5.57 Å². The number of unbranched alkanes of at least 4 members (excludes halogenated alkanes) is 2. The number of hydrogen-bond donors (Lipinski definition) is 1. The summed E-state index contributed by atoms with van der Waals surface area (Å²) in [6.45, 7) is 12.2. The van der Waals surface area contributed by atoms with E-state index in [-0.39, 0.29) is 11.7 Å². The molecule has 0 aromatic heterocycles. The number of allylic oxidation sites excluding steroid dienone is 4. The molecule has 0 radical (unpaired) electrons. The second kappa shape index (κ2) is 13.4. The van der Waals surface area contributed by atoms with Crippen molar-refractivity contribution in [2.45, 2.75) is 89.0 Å². The van der Waals surface area contributed by atoms with E-state index < -0.39 is 11.3 Å². The van der Waals surface area contributed by atoms with Crippen LogP contribution in [0.4, 0.5) is 4.39 Å². The Kier molecular flexibility index (Phi) is 10.2. The Labute approximate surface area is 235 Å². The van der Waals surface area contributed by atoms with Crippen LogP contribution < -0.4 is 5.32 Å². The van der Waals surface area contributed by atoms with Gasteiger partial charge in [-0.25, -0.2) is 4.39 Å². The molecule has 39 heavy (non-hydrogen) atoms. The average molecular weight is 535 g/mol. The minimum Gasteiger partial charge on any atom is -0.345 e. The van der Waals surface area contributed by atoms with Crippen LogP contribution >= 0.6 is 0 Å². The standard InChI is InChI=1S/C33H47FN4O/c1-5-6-7-8-12-26(2)38-22-10-9-20-36-25-37(4)21-11-19-33(28-14-16-29(34)17-15-28)30-18-13-27(24-35)23-31(30)32(38,3)39-33/h5,13-17,23,26,30,36H,1,6-12,18-22,25H2,2-4H3/t26-,30?,32?,33?/m1/s1. The first-order valence-electron chi connectivity index (χ1n) is 14.9. The predicted molar refractivity (Wildman–Crippen MR) is 156 cm³/mol. The van der Waals surface area contributed by atoms with Gasteiger partial charge in [0.05, 0.1) is 6.07 Å². The van der Waals surface area contributed by atoms with E-state index >= 15 is 0 Å². The number of fused-ring (bicyclic) bond motifs is 5. The summed E-state index contributed by atoms with van der Waals surface area (Å²) >= 11 is 0. The Morgan fingerprint density at radius 3 is 2.77 bits per heavy atom. The summed E-state index contributed by atoms with van der Waals surface area (Å²) in [5, 5.41) is 13.5. The van der Waals surface area contributed by atoms with Gasteiger partial charge in [-0.3, -0.25) is 9.80 Å². The average Bonchev–Trinajstić information content (AvgIpc) is 3.19. The third-order valence-corrected chi connectivity index (χ3v) is 9.03. The van der Waals surface area contributed by atoms with Crippen molar-refractivity contribution in [1.29, 1.82) is 5.26 Å². The molecule has 6 heteroatoms. The SMILES string of the molecule is C=CCCCC[C@@H](C)N1CCCCNCN(C)CCCC2(c3ccc(F)cc3)OC1(C)C1=CC(C#N)=CCC12. The summed E-state index contributed by atoms with van der Waals surface area (Å²) in [5.74, 6) is -0.141. The molecule has 0 saturated carbocycles. The zero-order valence-corrected chi connectivity index (χ0v) is 24.2. The van der Waals surface area contributed by atoms with E-state index in [9.17, 15) is 9.65 Å². The van der Waals surface area contributed by atoms with Crippen LogP contribution in [0.15, 0.2) is 60.2 Å². The topological polar surface area (TPSA) is 51.5 Å². The lowest BCUT2D eigenvalue weighted by Crippen LogP contribution is -2.53. The van der Waals surface area contributed by atoms with Crippen LogP contribution in [0.25, 0.3) is 0 Å². The van der Waals surface area contributed by atoms with Crippen LogP contribution in [-0.2, 0) is 10.3 Å². The van der Waals surface area contributed by atoms with Crippen molar-refractivity contribution in [3.63, 3.8) is 0 Å². The molecule has 3 unspecified atom stereocenters. The van der Waals surface area contributed by atoms with E-state index in [4.69, 9.17) is 4.74 Å². The van der Waals surface area contributed by atoms with Gasteiger partial charge >= 0.3 is 0 Å². The fourth-order valence-corrected chi connectivity index (χ4v) is 6.98. The number of nitrogens with one attached hydrogen (secondary N) is 1. The molecule has 2 fully saturated rings. The van der Waals surface area contributed by atoms with Gasteiger partial charge in [-0.15, -0.1) is 6.58 Å². The van der Waals surface area contributed by atoms with Crippen molar-refractivity contribution in [3.05, 3.63) is 71.6 Å². The third-order valence-electron chi connectivity index (χ3n) is 9.03. The molecule has 2 saturated heterocycles. The van der Waals surface area contributed by atoms with Crippen LogP contribution in [0.2, 0.25) is 0 Å². The van der Waals surface area contributed by atoms with E-state index in [1.807, 2.05) is 18.2 Å². The summed E-state index contributed by atoms with van der Waals surface area (Å²) in [6.07, 6.45) is 15.3. The summed E-state index contributed by atoms with van der Waals surface area (Å²) in [7, 11) is 2.16. The molecule has 2 aliphatic heterocycles. The first-order valence-corrected chi connectivity index (χ1v) is 14.9. The van der Waals surface area contributed by atoms with Crippen molar-refractivity contribution >= 4 is 0 Å². The fourth-order valence-electron chi connectivity index (χ4n) is 6.98. The number of nitrogens with zero attached hydrogens (tertiary/aromatic N) is 3. The van der Waals surface area contributed by atoms with E-state index in [0.29, 0.717) is 11.6 Å². The van der Waals surface area contributed by atoms with Crippen LogP contribution in [0.1, 0.15) is 77.2 Å². The summed E-state index contributed by atoms with van der Waals surface area (Å²) in [5.41, 5.74) is 1.70. The molecule has 4 atom stereocenters. The highest BCUT2D eigenvalue weighted by Crippen LogP contribution is 2.58. The normalized spacial score (nSPS) is 29.9. The third kappa shape index (κ3) is 6.55. The molecule has 5 nitrogen and oxygen atoms in total. The minimum atomic E-state index is -0.656. The monoisotopic (exact) mass is 534 g/mol. The highest BCUT2D eigenvalue weighted by atomic mass is 19.1. The predicted octanol–water partition coefficient (Wildman–Crippen LogP) is 6.65. The fraction of sp³-hybridized carbons (Fsp3) is 0.606. The molecule has 0 amide bonds. The van der Waals surface area contributed by atoms with Crippen molar-refractivity contribution in [2.24, 2.45) is 5.92 Å². The highest BCUT2D eigenvalue weighted by Gasteiger charge is 2.60. The molecule has 4 rings (SSSR count). The molecule has 2 bridgehead atoms. The number of hydrogen-bond acceptors (Lipinski definition) is 5. The van der Waals surface area contributed by atoms with Crippen molar-refractivity contribution < 1.29 is 9.13 Å². The molecule has 1 N–H and O–H groups in total. The molecular weight excluding hydrogens is 487 g/mol. The van der Waals surface area contributed by atoms with Crippen LogP contribution in [-0.4, -0.2) is 54.9 Å². The molecule has 2 heterocycles. The lowest BCUT2D eigenvalue weighted by atomic mass is 9.71. The number of nitriles is 1. The van der Waals surface area contributed by atoms with Gasteiger partial charge < -0.3 is 10.1 Å². The van der Waals surface area contributed by atoms with Gasteiger partial charge in [0.25, 0.3) is 0 Å². The van der Waals surface area contributed by atoms with Crippen molar-refractivity contribution in [3.8, 4) is 6.07 Å². The van der Waals surface area contributed by atoms with E-state index in [1.54, 1.807) is 12.1 Å². The smallest absolute Gasteiger partial charge is 0.143 e. The molecule has 1 aliphatic carbocycles. The zero-order valence-electron chi connectivity index (χ0n) is 24.2. The summed E-state index contributed by atoms with van der Waals surface area (Å²) in [6, 6.07) is 9.67. The van der Waals surface area contributed by atoms with Crippen LogP contribution in [0.3, 0.4) is 0 Å². The van der Waals surface area contributed by atoms with Gasteiger partial charge in [-0.1, -0.05) is 30.7 Å². The second-order valence-electron chi connectivity index (χ2n) is 11.8. The molecule has 212 valence electrons. The number of benzene rings is 1. The number of rotatable bonds is 7. The maximum absolute atomic E-state index is 14.1. The Hall–Kier alpha value is -2.30. The maximum atomic E-state index is 14.1. The Morgan fingerprint density at radius 1 is 1.23 bits per heavy atom. The first kappa shape index (κ1) is 29.7. The van der Waals surface area contributed by atoms with Gasteiger partial charge in [0.1, 0.15) is 17.1 Å². The van der Waals surface area contributed by atoms with E-state index in [2.05, 4.69) is 60.8 Å². The molecule has 1 aromatic carbocycles. The second-order valence-corrected chi connectivity index (χ2v) is 11.8. The lowest BCUT2D eigenvalue weighted by Gasteiger charge is -2.45. The van der Waals surface area contributed by atoms with E-state index in [0.717, 1.165) is 89.7 Å². The van der Waals surface area contributed by atoms with Gasteiger partial charge in [0.15, 0.2) is 0 Å². The summed E-state index contributed by atoms with van der Waals surface area (Å²) < 4.78 is 21.6. The molecule has 1 aromatic rings. The molecular formula is C33H47FN4O. The number of halogens is 1. The Balaban J connectivity index is 1.80. The first-order chi connectivity index (χ1) is 18.8. The minimum absolute atomic E-state index is 0.0917.